The van der Waals surface area contributed by atoms with Gasteiger partial charge in [-0.25, -0.2) is 4.39 Å². The number of hydrogen-bond acceptors (Lipinski definition) is 3. The number of halogens is 1. The fraction of sp³-hybridized carbons (Fsp3) is 0.421. The first-order chi connectivity index (χ1) is 11.0. The van der Waals surface area contributed by atoms with Gasteiger partial charge in [0, 0.05) is 17.5 Å². The summed E-state index contributed by atoms with van der Waals surface area (Å²) in [5.41, 5.74) is 9.29. The fourth-order valence-electron chi connectivity index (χ4n) is 2.38. The first kappa shape index (κ1) is 17.6. The molecule has 23 heavy (non-hydrogen) atoms. The van der Waals surface area contributed by atoms with Crippen LogP contribution in [0.5, 0.6) is 0 Å². The van der Waals surface area contributed by atoms with Crippen LogP contribution in [0.15, 0.2) is 42.6 Å². The van der Waals surface area contributed by atoms with Crippen molar-refractivity contribution in [3.05, 3.63) is 53.9 Å². The van der Waals surface area contributed by atoms with Gasteiger partial charge < -0.3 is 10.8 Å². The van der Waals surface area contributed by atoms with E-state index >= 15 is 0 Å². The Morgan fingerprint density at radius 2 is 1.74 bits per heavy atom. The molecule has 0 fully saturated rings. The Morgan fingerprint density at radius 1 is 1.09 bits per heavy atom. The largest absolute Gasteiger partial charge is 0.387 e. The van der Waals surface area contributed by atoms with Gasteiger partial charge in [-0.2, -0.15) is 0 Å². The number of rotatable bonds is 7. The fourth-order valence-corrected chi connectivity index (χ4v) is 2.38. The van der Waals surface area contributed by atoms with E-state index in [0.717, 1.165) is 29.7 Å². The smallest absolute Gasteiger partial charge is 0.107 e. The Hall–Kier alpha value is -1.78. The van der Waals surface area contributed by atoms with E-state index in [2.05, 4.69) is 31.0 Å². The first-order valence-corrected chi connectivity index (χ1v) is 8.06. The van der Waals surface area contributed by atoms with Crippen molar-refractivity contribution in [2.24, 2.45) is 11.7 Å². The number of hydrogen-bond donors (Lipinski definition) is 2. The molecule has 0 saturated heterocycles. The van der Waals surface area contributed by atoms with Gasteiger partial charge in [0.15, 0.2) is 0 Å². The van der Waals surface area contributed by atoms with E-state index < -0.39 is 18.8 Å². The van der Waals surface area contributed by atoms with Crippen LogP contribution < -0.4 is 5.73 Å². The normalized spacial score (nSPS) is 14.0. The SMILES string of the molecule is CC(C)CCc1ccc(-c2ccc([C@@H](O)[C@H](N)CF)cc2)cn1. The molecule has 0 aliphatic rings. The van der Waals surface area contributed by atoms with Gasteiger partial charge in [-0.15, -0.1) is 0 Å². The standard InChI is InChI=1S/C19H25FN2O/c1-13(2)3-9-17-10-8-16(12-22-17)14-4-6-15(7-5-14)19(23)18(21)11-20/h4-8,10,12-13,18-19,23H,3,9,11,21H2,1-2H3/t18-,19-/m1/s1. The van der Waals surface area contributed by atoms with Gasteiger partial charge >= 0.3 is 0 Å². The Morgan fingerprint density at radius 3 is 2.26 bits per heavy atom. The van der Waals surface area contributed by atoms with Crippen molar-refractivity contribution in [1.82, 2.24) is 4.98 Å². The second-order valence-corrected chi connectivity index (χ2v) is 6.36. The molecule has 1 aromatic carbocycles. The molecule has 4 heteroatoms. The molecule has 0 saturated carbocycles. The molecule has 0 amide bonds. The van der Waals surface area contributed by atoms with Gasteiger partial charge in [0.25, 0.3) is 0 Å². The predicted molar refractivity (Wildman–Crippen MR) is 91.7 cm³/mol. The molecule has 2 aromatic rings. The molecule has 124 valence electrons. The molecule has 3 N–H and O–H groups in total. The van der Waals surface area contributed by atoms with Crippen molar-refractivity contribution >= 4 is 0 Å². The number of aromatic nitrogens is 1. The van der Waals surface area contributed by atoms with Crippen LogP contribution >= 0.6 is 0 Å². The van der Waals surface area contributed by atoms with Gasteiger partial charge in [0.1, 0.15) is 6.67 Å². The third-order valence-electron chi connectivity index (χ3n) is 3.97. The predicted octanol–water partition coefficient (Wildman–Crippen LogP) is 3.67. The summed E-state index contributed by atoms with van der Waals surface area (Å²) in [6, 6.07) is 10.6. The van der Waals surface area contributed by atoms with Crippen LogP contribution in [-0.2, 0) is 6.42 Å². The van der Waals surface area contributed by atoms with Crippen molar-refractivity contribution in [3.8, 4) is 11.1 Å². The number of aliphatic hydroxyl groups is 1. The van der Waals surface area contributed by atoms with Crippen molar-refractivity contribution in [2.45, 2.75) is 38.8 Å². The molecule has 0 aliphatic carbocycles. The highest BCUT2D eigenvalue weighted by Gasteiger charge is 2.16. The lowest BCUT2D eigenvalue weighted by Gasteiger charge is -2.16. The van der Waals surface area contributed by atoms with Crippen LogP contribution in [0.25, 0.3) is 11.1 Å². The zero-order valence-electron chi connectivity index (χ0n) is 13.7. The van der Waals surface area contributed by atoms with E-state index in [1.54, 1.807) is 12.1 Å². The van der Waals surface area contributed by atoms with Crippen LogP contribution in [0.3, 0.4) is 0 Å². The van der Waals surface area contributed by atoms with Crippen LogP contribution in [0, 0.1) is 5.92 Å². The molecule has 0 bridgehead atoms. The number of nitrogens with zero attached hydrogens (tertiary/aromatic N) is 1. The van der Waals surface area contributed by atoms with Crippen LogP contribution in [-0.4, -0.2) is 22.8 Å². The van der Waals surface area contributed by atoms with Gasteiger partial charge in [0.05, 0.1) is 12.1 Å². The van der Waals surface area contributed by atoms with Crippen molar-refractivity contribution in [2.75, 3.05) is 6.67 Å². The topological polar surface area (TPSA) is 59.1 Å². The maximum absolute atomic E-state index is 12.5. The lowest BCUT2D eigenvalue weighted by Crippen LogP contribution is -2.30. The zero-order chi connectivity index (χ0) is 16.8. The van der Waals surface area contributed by atoms with Gasteiger partial charge in [-0.1, -0.05) is 44.2 Å². The lowest BCUT2D eigenvalue weighted by atomic mass is 9.99. The summed E-state index contributed by atoms with van der Waals surface area (Å²) in [6.07, 6.45) is 3.01. The highest BCUT2D eigenvalue weighted by atomic mass is 19.1. The monoisotopic (exact) mass is 316 g/mol. The molecule has 3 nitrogen and oxygen atoms in total. The number of benzene rings is 1. The molecule has 2 atom stereocenters. The number of aryl methyl sites for hydroxylation is 1. The second-order valence-electron chi connectivity index (χ2n) is 6.36. The highest BCUT2D eigenvalue weighted by Crippen LogP contribution is 2.23. The van der Waals surface area contributed by atoms with Gasteiger partial charge in [-0.3, -0.25) is 4.98 Å². The average molecular weight is 316 g/mol. The minimum absolute atomic E-state index is 0.625. The summed E-state index contributed by atoms with van der Waals surface area (Å²) in [6.45, 7) is 3.67. The Kier molecular flexibility index (Phi) is 6.25. The Balaban J connectivity index is 2.07. The molecule has 0 aliphatic heterocycles. The molecule has 0 unspecified atom stereocenters. The van der Waals surface area contributed by atoms with Crippen LogP contribution in [0.2, 0.25) is 0 Å². The summed E-state index contributed by atoms with van der Waals surface area (Å²) in [7, 11) is 0. The van der Waals surface area contributed by atoms with E-state index in [1.807, 2.05) is 18.3 Å². The van der Waals surface area contributed by atoms with Gasteiger partial charge in [0.2, 0.25) is 0 Å². The third kappa shape index (κ3) is 4.85. The molecule has 1 heterocycles. The number of nitrogens with two attached hydrogens (primary N) is 1. The molecular formula is C19H25FN2O. The van der Waals surface area contributed by atoms with Crippen LogP contribution in [0.4, 0.5) is 4.39 Å². The highest BCUT2D eigenvalue weighted by molar-refractivity contribution is 5.62. The first-order valence-electron chi connectivity index (χ1n) is 8.06. The number of aliphatic hydroxyl groups excluding tert-OH is 1. The minimum Gasteiger partial charge on any atom is -0.387 e. The average Bonchev–Trinajstić information content (AvgIpc) is 2.59. The summed E-state index contributed by atoms with van der Waals surface area (Å²) in [4.78, 5) is 4.51. The Bertz CT molecular complexity index is 596. The van der Waals surface area contributed by atoms with E-state index in [1.165, 1.54) is 0 Å². The number of pyridine rings is 1. The summed E-state index contributed by atoms with van der Waals surface area (Å²) < 4.78 is 12.5. The lowest BCUT2D eigenvalue weighted by molar-refractivity contribution is 0.132. The summed E-state index contributed by atoms with van der Waals surface area (Å²) >= 11 is 0. The quantitative estimate of drug-likeness (QED) is 0.819. The molecular weight excluding hydrogens is 291 g/mol. The molecule has 0 spiro atoms. The van der Waals surface area contributed by atoms with Crippen LogP contribution in [0.1, 0.15) is 37.6 Å². The van der Waals surface area contributed by atoms with E-state index in [0.29, 0.717) is 11.5 Å². The molecule has 2 rings (SSSR count). The molecule has 1 aromatic heterocycles. The maximum Gasteiger partial charge on any atom is 0.107 e. The Labute approximate surface area is 137 Å². The van der Waals surface area contributed by atoms with Gasteiger partial charge in [-0.05, 0) is 36.0 Å². The molecule has 0 radical (unpaired) electrons. The maximum atomic E-state index is 12.5. The summed E-state index contributed by atoms with van der Waals surface area (Å²) in [5, 5.41) is 9.91. The number of alkyl halides is 1. The van der Waals surface area contributed by atoms with Crippen molar-refractivity contribution in [1.29, 1.82) is 0 Å². The van der Waals surface area contributed by atoms with E-state index in [4.69, 9.17) is 5.73 Å². The second kappa shape index (κ2) is 8.18. The summed E-state index contributed by atoms with van der Waals surface area (Å²) in [5.74, 6) is 0.672. The zero-order valence-corrected chi connectivity index (χ0v) is 13.7. The van der Waals surface area contributed by atoms with Crippen molar-refractivity contribution < 1.29 is 9.50 Å². The van der Waals surface area contributed by atoms with E-state index in [-0.39, 0.29) is 0 Å². The third-order valence-corrected chi connectivity index (χ3v) is 3.97. The van der Waals surface area contributed by atoms with Crippen molar-refractivity contribution in [3.63, 3.8) is 0 Å². The minimum atomic E-state index is -0.981. The van der Waals surface area contributed by atoms with E-state index in [9.17, 15) is 9.50 Å².